The van der Waals surface area contributed by atoms with Crippen molar-refractivity contribution >= 4 is 11.8 Å². The molecule has 0 unspecified atom stereocenters. The first-order chi connectivity index (χ1) is 5.55. The van der Waals surface area contributed by atoms with Gasteiger partial charge < -0.3 is 0 Å². The van der Waals surface area contributed by atoms with Crippen LogP contribution in [-0.4, -0.2) is 26.5 Å². The first-order valence-electron chi connectivity index (χ1n) is 3.81. The van der Waals surface area contributed by atoms with Crippen molar-refractivity contribution in [2.75, 3.05) is 6.26 Å². The van der Waals surface area contributed by atoms with Gasteiger partial charge >= 0.3 is 0 Å². The minimum Gasteiger partial charge on any atom is -0.219 e. The fourth-order valence-corrected chi connectivity index (χ4v) is 1.37. The fraction of sp³-hybridized carbons (Fsp3) is 0.857. The van der Waals surface area contributed by atoms with Crippen LogP contribution in [0.5, 0.6) is 0 Å². The monoisotopic (exact) mass is 186 g/mol. The highest BCUT2D eigenvalue weighted by Crippen LogP contribution is 2.19. The van der Waals surface area contributed by atoms with Gasteiger partial charge in [0, 0.05) is 5.41 Å². The maximum Gasteiger partial charge on any atom is 0.157 e. The van der Waals surface area contributed by atoms with Gasteiger partial charge in [-0.1, -0.05) is 20.8 Å². The van der Waals surface area contributed by atoms with E-state index in [0.717, 1.165) is 11.7 Å². The van der Waals surface area contributed by atoms with Gasteiger partial charge in [-0.05, 0) is 16.7 Å². The molecule has 0 saturated heterocycles. The molecule has 0 aliphatic rings. The second-order valence-electron chi connectivity index (χ2n) is 3.67. The van der Waals surface area contributed by atoms with Crippen LogP contribution in [0.3, 0.4) is 0 Å². The standard InChI is InChI=1S/C7H14N4S/c1-7(2,3)6-8-9-10-11(6)5-12-4/h5H2,1-4H3. The fourth-order valence-electron chi connectivity index (χ4n) is 0.951. The highest BCUT2D eigenvalue weighted by molar-refractivity contribution is 7.97. The number of rotatable bonds is 2. The number of tetrazole rings is 1. The van der Waals surface area contributed by atoms with Gasteiger partial charge in [-0.3, -0.25) is 0 Å². The third-order valence-corrected chi connectivity index (χ3v) is 1.96. The van der Waals surface area contributed by atoms with Crippen molar-refractivity contribution in [2.24, 2.45) is 0 Å². The summed E-state index contributed by atoms with van der Waals surface area (Å²) in [5.74, 6) is 1.76. The topological polar surface area (TPSA) is 43.6 Å². The molecule has 0 atom stereocenters. The maximum absolute atomic E-state index is 3.99. The van der Waals surface area contributed by atoms with Crippen LogP contribution in [0.25, 0.3) is 0 Å². The number of hydrogen-bond acceptors (Lipinski definition) is 4. The first kappa shape index (κ1) is 9.51. The molecule has 0 bridgehead atoms. The Hall–Kier alpha value is -0.580. The van der Waals surface area contributed by atoms with Crippen LogP contribution in [0, 0.1) is 0 Å². The Morgan fingerprint density at radius 3 is 2.58 bits per heavy atom. The third-order valence-electron chi connectivity index (χ3n) is 1.45. The lowest BCUT2D eigenvalue weighted by Crippen LogP contribution is -2.19. The van der Waals surface area contributed by atoms with Crippen LogP contribution in [0.4, 0.5) is 0 Å². The van der Waals surface area contributed by atoms with Gasteiger partial charge in [-0.25, -0.2) is 4.68 Å². The lowest BCUT2D eigenvalue weighted by atomic mass is 9.96. The smallest absolute Gasteiger partial charge is 0.157 e. The number of thioether (sulfide) groups is 1. The molecule has 1 rings (SSSR count). The molecule has 0 aliphatic carbocycles. The average molecular weight is 186 g/mol. The summed E-state index contributed by atoms with van der Waals surface area (Å²) < 4.78 is 1.84. The Labute approximate surface area is 76.7 Å². The Bertz CT molecular complexity index is 250. The zero-order chi connectivity index (χ0) is 9.19. The summed E-state index contributed by atoms with van der Waals surface area (Å²) in [5, 5.41) is 11.6. The van der Waals surface area contributed by atoms with Crippen molar-refractivity contribution in [1.82, 2.24) is 20.2 Å². The molecular formula is C7H14N4S. The van der Waals surface area contributed by atoms with Crippen LogP contribution < -0.4 is 0 Å². The van der Waals surface area contributed by atoms with E-state index in [4.69, 9.17) is 0 Å². The van der Waals surface area contributed by atoms with Crippen LogP contribution in [0.15, 0.2) is 0 Å². The molecule has 0 spiro atoms. The second kappa shape index (κ2) is 3.43. The molecule has 1 aromatic heterocycles. The summed E-state index contributed by atoms with van der Waals surface area (Å²) in [5.41, 5.74) is 0.0270. The van der Waals surface area contributed by atoms with Crippen molar-refractivity contribution < 1.29 is 0 Å². The van der Waals surface area contributed by atoms with Crippen molar-refractivity contribution in [3.05, 3.63) is 5.82 Å². The molecule has 0 fully saturated rings. The summed E-state index contributed by atoms with van der Waals surface area (Å²) >= 11 is 1.71. The SMILES string of the molecule is CSCn1nnnc1C(C)(C)C. The van der Waals surface area contributed by atoms with E-state index in [-0.39, 0.29) is 5.41 Å². The van der Waals surface area contributed by atoms with Crippen molar-refractivity contribution in [3.8, 4) is 0 Å². The summed E-state index contributed by atoms with van der Waals surface area (Å²) in [6.07, 6.45) is 2.04. The molecule has 5 heteroatoms. The Morgan fingerprint density at radius 1 is 1.42 bits per heavy atom. The Kier molecular flexibility index (Phi) is 2.72. The van der Waals surface area contributed by atoms with Gasteiger partial charge in [-0.2, -0.15) is 0 Å². The summed E-state index contributed by atoms with van der Waals surface area (Å²) in [4.78, 5) is 0. The van der Waals surface area contributed by atoms with E-state index in [1.165, 1.54) is 0 Å². The van der Waals surface area contributed by atoms with E-state index in [1.807, 2.05) is 10.9 Å². The highest BCUT2D eigenvalue weighted by atomic mass is 32.2. The first-order valence-corrected chi connectivity index (χ1v) is 5.20. The van der Waals surface area contributed by atoms with Crippen molar-refractivity contribution in [2.45, 2.75) is 32.1 Å². The van der Waals surface area contributed by atoms with Crippen LogP contribution >= 0.6 is 11.8 Å². The number of nitrogens with zero attached hydrogens (tertiary/aromatic N) is 4. The van der Waals surface area contributed by atoms with Crippen LogP contribution in [0.2, 0.25) is 0 Å². The van der Waals surface area contributed by atoms with E-state index in [0.29, 0.717) is 0 Å². The van der Waals surface area contributed by atoms with Crippen LogP contribution in [-0.2, 0) is 11.3 Å². The molecule has 0 radical (unpaired) electrons. The zero-order valence-electron chi connectivity index (χ0n) is 7.90. The van der Waals surface area contributed by atoms with Gasteiger partial charge in [0.05, 0.1) is 5.88 Å². The summed E-state index contributed by atoms with van der Waals surface area (Å²) in [6, 6.07) is 0. The van der Waals surface area contributed by atoms with Gasteiger partial charge in [0.25, 0.3) is 0 Å². The average Bonchev–Trinajstić information content (AvgIpc) is 2.34. The molecule has 0 N–H and O–H groups in total. The van der Waals surface area contributed by atoms with E-state index in [1.54, 1.807) is 11.8 Å². The maximum atomic E-state index is 3.99. The molecule has 4 nitrogen and oxygen atoms in total. The van der Waals surface area contributed by atoms with Crippen LogP contribution in [0.1, 0.15) is 26.6 Å². The molecule has 12 heavy (non-hydrogen) atoms. The molecule has 0 aliphatic heterocycles. The second-order valence-corrected chi connectivity index (χ2v) is 4.51. The molecule has 0 saturated carbocycles. The summed E-state index contributed by atoms with van der Waals surface area (Å²) in [7, 11) is 0. The predicted molar refractivity (Wildman–Crippen MR) is 50.0 cm³/mol. The number of hydrogen-bond donors (Lipinski definition) is 0. The minimum absolute atomic E-state index is 0.0270. The van der Waals surface area contributed by atoms with Gasteiger partial charge in [0.15, 0.2) is 5.82 Å². The molecule has 1 aromatic rings. The van der Waals surface area contributed by atoms with E-state index >= 15 is 0 Å². The normalized spacial score (nSPS) is 12.0. The van der Waals surface area contributed by atoms with Crippen molar-refractivity contribution in [1.29, 1.82) is 0 Å². The molecule has 0 aromatic carbocycles. The quantitative estimate of drug-likeness (QED) is 0.698. The number of aromatic nitrogens is 4. The molecule has 0 amide bonds. The zero-order valence-corrected chi connectivity index (χ0v) is 8.72. The van der Waals surface area contributed by atoms with Gasteiger partial charge in [0.1, 0.15) is 0 Å². The predicted octanol–water partition coefficient (Wildman–Crippen LogP) is 1.29. The van der Waals surface area contributed by atoms with Gasteiger partial charge in [0.2, 0.25) is 0 Å². The minimum atomic E-state index is 0.0270. The summed E-state index contributed by atoms with van der Waals surface area (Å²) in [6.45, 7) is 6.32. The lowest BCUT2D eigenvalue weighted by Gasteiger charge is -2.16. The molecule has 68 valence electrons. The highest BCUT2D eigenvalue weighted by Gasteiger charge is 2.21. The van der Waals surface area contributed by atoms with E-state index in [2.05, 4.69) is 36.3 Å². The molecular weight excluding hydrogens is 172 g/mol. The largest absolute Gasteiger partial charge is 0.219 e. The Morgan fingerprint density at radius 2 is 2.08 bits per heavy atom. The lowest BCUT2D eigenvalue weighted by molar-refractivity contribution is 0.503. The van der Waals surface area contributed by atoms with E-state index in [9.17, 15) is 0 Å². The molecule has 1 heterocycles. The van der Waals surface area contributed by atoms with Gasteiger partial charge in [-0.15, -0.1) is 16.9 Å². The van der Waals surface area contributed by atoms with Crippen molar-refractivity contribution in [3.63, 3.8) is 0 Å². The third kappa shape index (κ3) is 1.97. The Balaban J connectivity index is 2.91. The van der Waals surface area contributed by atoms with E-state index < -0.39 is 0 Å².